The SMILES string of the molecule is O=C(NC1(c2cn(C3(C(=O)O)CC3)nn2)CCOCC1)c1ccc(-c2ccn[nH]2)cc1. The average molecular weight is 422 g/mol. The summed E-state index contributed by atoms with van der Waals surface area (Å²) in [5, 5.41) is 27.9. The number of nitrogens with one attached hydrogen (secondary N) is 2. The summed E-state index contributed by atoms with van der Waals surface area (Å²) in [7, 11) is 0. The number of benzene rings is 1. The number of nitrogens with zero attached hydrogens (tertiary/aromatic N) is 4. The normalized spacial score (nSPS) is 19.0. The Morgan fingerprint density at radius 1 is 1.10 bits per heavy atom. The largest absolute Gasteiger partial charge is 0.479 e. The lowest BCUT2D eigenvalue weighted by atomic mass is 9.86. The number of carboxylic acids is 1. The van der Waals surface area contributed by atoms with Crippen LogP contribution in [-0.2, 0) is 20.6 Å². The van der Waals surface area contributed by atoms with Gasteiger partial charge in [0.15, 0.2) is 5.54 Å². The Balaban J connectivity index is 1.40. The lowest BCUT2D eigenvalue weighted by Crippen LogP contribution is -2.49. The van der Waals surface area contributed by atoms with Crippen LogP contribution in [0.1, 0.15) is 41.7 Å². The number of hydrogen-bond acceptors (Lipinski definition) is 6. The fourth-order valence-electron chi connectivity index (χ4n) is 4.02. The summed E-state index contributed by atoms with van der Waals surface area (Å²) in [4.78, 5) is 24.7. The highest BCUT2D eigenvalue weighted by molar-refractivity contribution is 5.95. The van der Waals surface area contributed by atoms with E-state index in [2.05, 4.69) is 25.8 Å². The molecule has 1 aliphatic carbocycles. The van der Waals surface area contributed by atoms with Crippen molar-refractivity contribution in [1.82, 2.24) is 30.5 Å². The van der Waals surface area contributed by atoms with Crippen molar-refractivity contribution < 1.29 is 19.4 Å². The minimum Gasteiger partial charge on any atom is -0.479 e. The summed E-state index contributed by atoms with van der Waals surface area (Å²) < 4.78 is 6.93. The van der Waals surface area contributed by atoms with Crippen LogP contribution >= 0.6 is 0 Å². The van der Waals surface area contributed by atoms with Crippen LogP contribution < -0.4 is 5.32 Å². The summed E-state index contributed by atoms with van der Waals surface area (Å²) in [5.41, 5.74) is 1.11. The predicted molar refractivity (Wildman–Crippen MR) is 108 cm³/mol. The lowest BCUT2D eigenvalue weighted by Gasteiger charge is -2.36. The number of ether oxygens (including phenoxy) is 1. The monoisotopic (exact) mass is 422 g/mol. The first-order chi connectivity index (χ1) is 15.0. The molecule has 1 amide bonds. The zero-order valence-corrected chi connectivity index (χ0v) is 16.7. The maximum atomic E-state index is 13.1. The number of H-pyrrole nitrogens is 1. The number of carbonyl (C=O) groups excluding carboxylic acids is 1. The van der Waals surface area contributed by atoms with Crippen molar-refractivity contribution in [2.24, 2.45) is 0 Å². The second-order valence-electron chi connectivity index (χ2n) is 8.08. The number of carbonyl (C=O) groups is 2. The number of rotatable bonds is 6. The number of hydrogen-bond donors (Lipinski definition) is 3. The van der Waals surface area contributed by atoms with Gasteiger partial charge in [-0.1, -0.05) is 17.3 Å². The molecule has 0 atom stereocenters. The van der Waals surface area contributed by atoms with Gasteiger partial charge in [0.05, 0.1) is 17.4 Å². The molecule has 10 nitrogen and oxygen atoms in total. The first kappa shape index (κ1) is 19.4. The fourth-order valence-corrected chi connectivity index (χ4v) is 4.02. The molecule has 1 saturated heterocycles. The predicted octanol–water partition coefficient (Wildman–Crippen LogP) is 1.68. The molecule has 10 heteroatoms. The maximum Gasteiger partial charge on any atom is 0.331 e. The molecule has 2 aliphatic rings. The number of amides is 1. The average Bonchev–Trinajstić information content (AvgIpc) is 3.18. The van der Waals surface area contributed by atoms with E-state index in [1.54, 1.807) is 24.5 Å². The van der Waals surface area contributed by atoms with Crippen molar-refractivity contribution >= 4 is 11.9 Å². The minimum absolute atomic E-state index is 0.230. The zero-order valence-electron chi connectivity index (χ0n) is 16.7. The van der Waals surface area contributed by atoms with Crippen molar-refractivity contribution in [3.63, 3.8) is 0 Å². The fraction of sp³-hybridized carbons (Fsp3) is 0.381. The quantitative estimate of drug-likeness (QED) is 0.550. The van der Waals surface area contributed by atoms with Crippen LogP contribution in [0.4, 0.5) is 0 Å². The molecule has 0 unspecified atom stereocenters. The molecule has 2 aromatic heterocycles. The van der Waals surface area contributed by atoms with Gasteiger partial charge >= 0.3 is 5.97 Å². The van der Waals surface area contributed by atoms with Crippen molar-refractivity contribution in [3.8, 4) is 11.3 Å². The molecule has 1 aromatic carbocycles. The summed E-state index contributed by atoms with van der Waals surface area (Å²) in [6, 6.07) is 9.11. The molecule has 0 bridgehead atoms. The van der Waals surface area contributed by atoms with Gasteiger partial charge < -0.3 is 15.2 Å². The topological polar surface area (TPSA) is 135 Å². The summed E-state index contributed by atoms with van der Waals surface area (Å²) in [6.07, 6.45) is 5.45. The van der Waals surface area contributed by atoms with E-state index in [0.717, 1.165) is 11.3 Å². The van der Waals surface area contributed by atoms with Crippen LogP contribution in [0, 0.1) is 0 Å². The number of carboxylic acid groups (broad SMARTS) is 1. The van der Waals surface area contributed by atoms with Gasteiger partial charge in [0.25, 0.3) is 5.91 Å². The molecule has 3 aromatic rings. The van der Waals surface area contributed by atoms with Crippen molar-refractivity contribution in [2.75, 3.05) is 13.2 Å². The van der Waals surface area contributed by atoms with E-state index in [9.17, 15) is 14.7 Å². The standard InChI is InChI=1S/C21H22N6O4/c28-18(15-3-1-14(2-4-15)16-5-10-22-24-16)23-20(8-11-31-12-9-20)17-13-27(26-25-17)21(6-7-21)19(29)30/h1-5,10,13H,6-9,11-12H2,(H,22,24)(H,23,28)(H,29,30). The van der Waals surface area contributed by atoms with E-state index < -0.39 is 17.0 Å². The third-order valence-corrected chi connectivity index (χ3v) is 6.20. The third-order valence-electron chi connectivity index (χ3n) is 6.20. The summed E-state index contributed by atoms with van der Waals surface area (Å²) in [5.74, 6) is -1.14. The summed E-state index contributed by atoms with van der Waals surface area (Å²) in [6.45, 7) is 0.936. The molecule has 0 spiro atoms. The van der Waals surface area contributed by atoms with E-state index in [0.29, 0.717) is 50.2 Å². The molecule has 0 radical (unpaired) electrons. The molecule has 1 aliphatic heterocycles. The Hall–Kier alpha value is -3.53. The molecule has 2 fully saturated rings. The lowest BCUT2D eigenvalue weighted by molar-refractivity contribution is -0.142. The van der Waals surface area contributed by atoms with Crippen LogP contribution in [0.25, 0.3) is 11.3 Å². The molecule has 5 rings (SSSR count). The van der Waals surface area contributed by atoms with Crippen LogP contribution in [0.5, 0.6) is 0 Å². The van der Waals surface area contributed by atoms with Crippen LogP contribution in [0.3, 0.4) is 0 Å². The molecular weight excluding hydrogens is 400 g/mol. The van der Waals surface area contributed by atoms with Crippen LogP contribution in [0.15, 0.2) is 42.7 Å². The van der Waals surface area contributed by atoms with Crippen LogP contribution in [-0.4, -0.2) is 55.4 Å². The van der Waals surface area contributed by atoms with E-state index in [1.807, 2.05) is 18.2 Å². The Kier molecular flexibility index (Phi) is 4.58. The number of aliphatic carboxylic acids is 1. The maximum absolute atomic E-state index is 13.1. The van der Waals surface area contributed by atoms with Gasteiger partial charge in [-0.05, 0) is 49.4 Å². The smallest absolute Gasteiger partial charge is 0.331 e. The van der Waals surface area contributed by atoms with Crippen LogP contribution in [0.2, 0.25) is 0 Å². The Morgan fingerprint density at radius 2 is 1.84 bits per heavy atom. The molecule has 1 saturated carbocycles. The van der Waals surface area contributed by atoms with Gasteiger partial charge in [-0.3, -0.25) is 9.89 Å². The third kappa shape index (κ3) is 3.38. The van der Waals surface area contributed by atoms with Gasteiger partial charge in [-0.15, -0.1) is 5.10 Å². The van der Waals surface area contributed by atoms with Crippen molar-refractivity contribution in [3.05, 3.63) is 54.0 Å². The van der Waals surface area contributed by atoms with Gasteiger partial charge in [-0.2, -0.15) is 5.10 Å². The zero-order chi connectivity index (χ0) is 21.5. The Labute approximate surface area is 177 Å². The van der Waals surface area contributed by atoms with E-state index in [-0.39, 0.29) is 5.91 Å². The van der Waals surface area contributed by atoms with E-state index >= 15 is 0 Å². The second-order valence-corrected chi connectivity index (χ2v) is 8.08. The Morgan fingerprint density at radius 3 is 2.45 bits per heavy atom. The number of aromatic nitrogens is 5. The van der Waals surface area contributed by atoms with Gasteiger partial charge in [-0.25, -0.2) is 9.48 Å². The number of aromatic amines is 1. The molecule has 160 valence electrons. The first-order valence-electron chi connectivity index (χ1n) is 10.2. The first-order valence-corrected chi connectivity index (χ1v) is 10.2. The van der Waals surface area contributed by atoms with Crippen molar-refractivity contribution in [1.29, 1.82) is 0 Å². The van der Waals surface area contributed by atoms with E-state index in [1.165, 1.54) is 4.68 Å². The molecule has 3 N–H and O–H groups in total. The summed E-state index contributed by atoms with van der Waals surface area (Å²) >= 11 is 0. The second kappa shape index (κ2) is 7.31. The molecular formula is C21H22N6O4. The van der Waals surface area contributed by atoms with Gasteiger partial charge in [0.2, 0.25) is 0 Å². The Bertz CT molecular complexity index is 1100. The van der Waals surface area contributed by atoms with E-state index in [4.69, 9.17) is 4.74 Å². The van der Waals surface area contributed by atoms with Gasteiger partial charge in [0.1, 0.15) is 5.69 Å². The molecule has 3 heterocycles. The highest BCUT2D eigenvalue weighted by atomic mass is 16.5. The highest BCUT2D eigenvalue weighted by Gasteiger charge is 2.54. The molecule has 31 heavy (non-hydrogen) atoms. The van der Waals surface area contributed by atoms with Crippen molar-refractivity contribution in [2.45, 2.75) is 36.8 Å². The minimum atomic E-state index is -1.01. The highest BCUT2D eigenvalue weighted by Crippen LogP contribution is 2.44. The van der Waals surface area contributed by atoms with Gasteiger partial charge in [0, 0.05) is 25.0 Å².